The van der Waals surface area contributed by atoms with Gasteiger partial charge in [-0.3, -0.25) is 19.3 Å². The zero-order valence-corrected chi connectivity index (χ0v) is 25.0. The molecule has 1 saturated heterocycles. The van der Waals surface area contributed by atoms with E-state index in [9.17, 15) is 24.3 Å². The van der Waals surface area contributed by atoms with E-state index >= 15 is 0 Å². The van der Waals surface area contributed by atoms with Crippen molar-refractivity contribution in [2.45, 2.75) is 84.0 Å². The van der Waals surface area contributed by atoms with Crippen LogP contribution < -0.4 is 10.2 Å². The van der Waals surface area contributed by atoms with Crippen molar-refractivity contribution < 1.29 is 29.0 Å². The van der Waals surface area contributed by atoms with Gasteiger partial charge in [-0.05, 0) is 54.9 Å². The van der Waals surface area contributed by atoms with Crippen LogP contribution in [0.2, 0.25) is 0 Å². The van der Waals surface area contributed by atoms with E-state index < -0.39 is 29.6 Å². The van der Waals surface area contributed by atoms with E-state index in [4.69, 9.17) is 4.74 Å². The molecular formula is C33H43N3O6. The van der Waals surface area contributed by atoms with Crippen LogP contribution >= 0.6 is 0 Å². The van der Waals surface area contributed by atoms with E-state index in [1.807, 2.05) is 44.2 Å². The van der Waals surface area contributed by atoms with Crippen LogP contribution in [0, 0.1) is 11.3 Å². The molecule has 0 bridgehead atoms. The van der Waals surface area contributed by atoms with Crippen LogP contribution in [0.4, 0.5) is 5.69 Å². The van der Waals surface area contributed by atoms with E-state index in [1.54, 1.807) is 41.2 Å². The van der Waals surface area contributed by atoms with E-state index in [2.05, 4.69) is 5.32 Å². The molecule has 1 saturated carbocycles. The number of carboxylic acids is 1. The maximum Gasteiger partial charge on any atom is 0.326 e. The van der Waals surface area contributed by atoms with Gasteiger partial charge in [0.25, 0.3) is 5.91 Å². The number of aliphatic carboxylic acids is 1. The number of nitrogens with zero attached hydrogens (tertiary/aromatic N) is 2. The molecule has 2 aromatic rings. The van der Waals surface area contributed by atoms with Crippen LogP contribution in [-0.2, 0) is 30.3 Å². The molecule has 1 heterocycles. The van der Waals surface area contributed by atoms with E-state index in [-0.39, 0.29) is 30.1 Å². The summed E-state index contributed by atoms with van der Waals surface area (Å²) in [5, 5.41) is 12.8. The molecule has 1 unspecified atom stereocenters. The quantitative estimate of drug-likeness (QED) is 0.378. The normalized spacial score (nSPS) is 20.6. The van der Waals surface area contributed by atoms with Crippen molar-refractivity contribution in [3.05, 3.63) is 65.7 Å². The van der Waals surface area contributed by atoms with Crippen molar-refractivity contribution in [3.63, 3.8) is 0 Å². The molecule has 3 atom stereocenters. The van der Waals surface area contributed by atoms with Gasteiger partial charge < -0.3 is 20.1 Å². The molecule has 3 amide bonds. The van der Waals surface area contributed by atoms with Gasteiger partial charge in [0.2, 0.25) is 11.8 Å². The predicted molar refractivity (Wildman–Crippen MR) is 160 cm³/mol. The molecule has 1 aliphatic heterocycles. The molecular weight excluding hydrogens is 534 g/mol. The largest absolute Gasteiger partial charge is 0.480 e. The number of nitrogens with one attached hydrogen (secondary N) is 1. The SMILES string of the molecule is COCCC1(C(=O)N[C@@H](Cc2ccc(N3C(=O)C(CC(C)C)N(C(C)=O)[C@@H]3c3ccccc3)cc2)C(=O)O)CCCC1. The average Bonchev–Trinajstić information content (AvgIpc) is 3.56. The van der Waals surface area contributed by atoms with Crippen LogP contribution in [0.5, 0.6) is 0 Å². The highest BCUT2D eigenvalue weighted by Crippen LogP contribution is 2.42. The van der Waals surface area contributed by atoms with E-state index in [0.717, 1.165) is 31.2 Å². The van der Waals surface area contributed by atoms with Crippen molar-refractivity contribution in [1.82, 2.24) is 10.2 Å². The van der Waals surface area contributed by atoms with Crippen molar-refractivity contribution in [1.29, 1.82) is 0 Å². The lowest BCUT2D eigenvalue weighted by molar-refractivity contribution is -0.144. The highest BCUT2D eigenvalue weighted by molar-refractivity contribution is 6.03. The van der Waals surface area contributed by atoms with Gasteiger partial charge in [0.15, 0.2) is 0 Å². The van der Waals surface area contributed by atoms with E-state index in [1.165, 1.54) is 6.92 Å². The van der Waals surface area contributed by atoms with Crippen LogP contribution in [0.1, 0.15) is 76.6 Å². The number of carbonyl (C=O) groups is 4. The maximum absolute atomic E-state index is 13.8. The van der Waals surface area contributed by atoms with Crippen molar-refractivity contribution in [3.8, 4) is 0 Å². The Morgan fingerprint density at radius 2 is 1.69 bits per heavy atom. The number of ether oxygens (including phenoxy) is 1. The molecule has 2 aromatic carbocycles. The van der Waals surface area contributed by atoms with Crippen LogP contribution in [0.3, 0.4) is 0 Å². The summed E-state index contributed by atoms with van der Waals surface area (Å²) in [5.74, 6) is -1.43. The number of amides is 3. The molecule has 2 fully saturated rings. The Morgan fingerprint density at radius 1 is 1.05 bits per heavy atom. The summed E-state index contributed by atoms with van der Waals surface area (Å²) in [4.78, 5) is 55.6. The average molecular weight is 578 g/mol. The fraction of sp³-hybridized carbons (Fsp3) is 0.515. The monoisotopic (exact) mass is 577 g/mol. The van der Waals surface area contributed by atoms with Gasteiger partial charge in [-0.2, -0.15) is 0 Å². The minimum Gasteiger partial charge on any atom is -0.480 e. The lowest BCUT2D eigenvalue weighted by Gasteiger charge is -2.31. The number of rotatable bonds is 12. The fourth-order valence-corrected chi connectivity index (χ4v) is 6.43. The first-order valence-corrected chi connectivity index (χ1v) is 14.9. The second kappa shape index (κ2) is 13.5. The number of anilines is 1. The van der Waals surface area contributed by atoms with Crippen molar-refractivity contribution >= 4 is 29.4 Å². The second-order valence-corrected chi connectivity index (χ2v) is 12.0. The smallest absolute Gasteiger partial charge is 0.326 e. The maximum atomic E-state index is 13.8. The summed E-state index contributed by atoms with van der Waals surface area (Å²) in [6.45, 7) is 6.01. The predicted octanol–water partition coefficient (Wildman–Crippen LogP) is 4.70. The van der Waals surface area contributed by atoms with Gasteiger partial charge in [0.1, 0.15) is 18.2 Å². The lowest BCUT2D eigenvalue weighted by atomic mass is 9.81. The zero-order valence-electron chi connectivity index (χ0n) is 25.0. The highest BCUT2D eigenvalue weighted by atomic mass is 16.5. The van der Waals surface area contributed by atoms with Gasteiger partial charge in [0, 0.05) is 32.7 Å². The molecule has 9 heteroatoms. The number of methoxy groups -OCH3 is 1. The minimum absolute atomic E-state index is 0.104. The molecule has 0 radical (unpaired) electrons. The van der Waals surface area contributed by atoms with Crippen LogP contribution in [0.25, 0.3) is 0 Å². The number of hydrogen-bond acceptors (Lipinski definition) is 5. The summed E-state index contributed by atoms with van der Waals surface area (Å²) >= 11 is 0. The van der Waals surface area contributed by atoms with Gasteiger partial charge in [-0.15, -0.1) is 0 Å². The Labute approximate surface area is 248 Å². The molecule has 0 spiro atoms. The molecule has 2 N–H and O–H groups in total. The first kappa shape index (κ1) is 31.2. The first-order valence-electron chi connectivity index (χ1n) is 14.9. The van der Waals surface area contributed by atoms with Crippen molar-refractivity contribution in [2.75, 3.05) is 18.6 Å². The third-order valence-corrected chi connectivity index (χ3v) is 8.61. The Hall–Kier alpha value is -3.72. The Kier molecular flexibility index (Phi) is 10.0. The minimum atomic E-state index is -1.10. The Balaban J connectivity index is 1.58. The molecule has 1 aliphatic carbocycles. The summed E-state index contributed by atoms with van der Waals surface area (Å²) in [6, 6.07) is 15.0. The van der Waals surface area contributed by atoms with Gasteiger partial charge >= 0.3 is 5.97 Å². The summed E-state index contributed by atoms with van der Waals surface area (Å²) in [6.07, 6.45) is 3.96. The topological polar surface area (TPSA) is 116 Å². The third kappa shape index (κ3) is 6.67. The van der Waals surface area contributed by atoms with Gasteiger partial charge in [0.05, 0.1) is 5.41 Å². The van der Waals surface area contributed by atoms with E-state index in [0.29, 0.717) is 30.7 Å². The Morgan fingerprint density at radius 3 is 2.24 bits per heavy atom. The fourth-order valence-electron chi connectivity index (χ4n) is 6.43. The lowest BCUT2D eigenvalue weighted by Crippen LogP contribution is -2.49. The van der Waals surface area contributed by atoms with Crippen LogP contribution in [-0.4, -0.2) is 59.5 Å². The number of hydrogen-bond donors (Lipinski definition) is 2. The summed E-state index contributed by atoms with van der Waals surface area (Å²) < 4.78 is 5.22. The highest BCUT2D eigenvalue weighted by Gasteiger charge is 2.48. The summed E-state index contributed by atoms with van der Waals surface area (Å²) in [7, 11) is 1.60. The molecule has 4 rings (SSSR count). The number of carbonyl (C=O) groups excluding carboxylic acids is 3. The first-order chi connectivity index (χ1) is 20.1. The molecule has 2 aliphatic rings. The second-order valence-electron chi connectivity index (χ2n) is 12.0. The van der Waals surface area contributed by atoms with Gasteiger partial charge in [-0.25, -0.2) is 4.79 Å². The standard InChI is InChI=1S/C33H43N3O6/c1-22(2)20-28-30(38)36(29(35(28)23(3)37)25-10-6-5-7-11-25)26-14-12-24(13-15-26)21-27(31(39)40)34-32(41)33(18-19-42-4)16-8-9-17-33/h5-7,10-15,22,27-29H,8-9,16-21H2,1-4H3,(H,34,41)(H,39,40)/t27-,28?,29-/m0/s1. The molecule has 42 heavy (non-hydrogen) atoms. The molecule has 226 valence electrons. The molecule has 9 nitrogen and oxygen atoms in total. The van der Waals surface area contributed by atoms with Crippen molar-refractivity contribution in [2.24, 2.45) is 11.3 Å². The summed E-state index contributed by atoms with van der Waals surface area (Å²) in [5.41, 5.74) is 1.58. The van der Waals surface area contributed by atoms with Gasteiger partial charge in [-0.1, -0.05) is 69.2 Å². The molecule has 0 aromatic heterocycles. The Bertz CT molecular complexity index is 1260. The zero-order chi connectivity index (χ0) is 30.4. The van der Waals surface area contributed by atoms with Crippen LogP contribution in [0.15, 0.2) is 54.6 Å². The third-order valence-electron chi connectivity index (χ3n) is 8.61. The number of carboxylic acid groups (broad SMARTS) is 1. The number of benzene rings is 2.